The van der Waals surface area contributed by atoms with Crippen LogP contribution in [0.15, 0.2) is 52.1 Å². The number of rotatable bonds is 9. The van der Waals surface area contributed by atoms with Crippen LogP contribution in [0.1, 0.15) is 29.0 Å². The van der Waals surface area contributed by atoms with Gasteiger partial charge in [0.25, 0.3) is 5.22 Å². The van der Waals surface area contributed by atoms with Crippen LogP contribution in [0.3, 0.4) is 0 Å². The molecule has 1 amide bonds. The number of benzene rings is 2. The highest BCUT2D eigenvalue weighted by Gasteiger charge is 2.11. The number of hydrogen-bond acceptors (Lipinski definition) is 6. The van der Waals surface area contributed by atoms with Crippen LogP contribution in [-0.2, 0) is 17.6 Å². The van der Waals surface area contributed by atoms with Crippen molar-refractivity contribution >= 4 is 23.4 Å². The lowest BCUT2D eigenvalue weighted by molar-refractivity contribution is -0.113. The zero-order valence-corrected chi connectivity index (χ0v) is 17.7. The number of carbonyl (C=O) groups excluding carboxylic acids is 1. The highest BCUT2D eigenvalue weighted by atomic mass is 32.2. The van der Waals surface area contributed by atoms with E-state index in [-0.39, 0.29) is 11.7 Å². The van der Waals surface area contributed by atoms with E-state index in [1.807, 2.05) is 44.2 Å². The number of aryl methyl sites for hydroxylation is 3. The summed E-state index contributed by atoms with van der Waals surface area (Å²) in [5.41, 5.74) is 4.29. The predicted octanol–water partition coefficient (Wildman–Crippen LogP) is 4.60. The van der Waals surface area contributed by atoms with E-state index in [9.17, 15) is 4.79 Å². The molecule has 3 aromatic rings. The third-order valence-corrected chi connectivity index (χ3v) is 5.49. The number of thioether (sulfide) groups is 1. The molecule has 1 N–H and O–H groups in total. The van der Waals surface area contributed by atoms with Crippen LogP contribution in [-0.4, -0.2) is 29.0 Å². The molecular formula is C22H25N3O3S. The van der Waals surface area contributed by atoms with E-state index < -0.39 is 0 Å². The standard InChI is InChI=1S/C22H25N3O3S/c1-15-6-4-8-19(16(15)2)23-20(26)14-29-22-25-24-21(28-22)9-5-7-17-10-12-18(27-3)13-11-17/h4,6,8,10-13H,5,7,9,14H2,1-3H3,(H,23,26). The van der Waals surface area contributed by atoms with Gasteiger partial charge in [-0.05, 0) is 61.6 Å². The summed E-state index contributed by atoms with van der Waals surface area (Å²) >= 11 is 1.25. The first-order valence-electron chi connectivity index (χ1n) is 9.49. The number of anilines is 1. The fourth-order valence-corrected chi connectivity index (χ4v) is 3.41. The van der Waals surface area contributed by atoms with Gasteiger partial charge >= 0.3 is 0 Å². The average molecular weight is 412 g/mol. The molecule has 0 spiro atoms. The number of hydrogen-bond donors (Lipinski definition) is 1. The van der Waals surface area contributed by atoms with Gasteiger partial charge in [-0.15, -0.1) is 10.2 Å². The number of aromatic nitrogens is 2. The van der Waals surface area contributed by atoms with Crippen LogP contribution >= 0.6 is 11.8 Å². The molecule has 0 radical (unpaired) electrons. The Morgan fingerprint density at radius 2 is 1.90 bits per heavy atom. The first-order valence-corrected chi connectivity index (χ1v) is 10.5. The topological polar surface area (TPSA) is 77.2 Å². The summed E-state index contributed by atoms with van der Waals surface area (Å²) in [5.74, 6) is 1.58. The highest BCUT2D eigenvalue weighted by molar-refractivity contribution is 7.99. The monoisotopic (exact) mass is 411 g/mol. The van der Waals surface area contributed by atoms with Gasteiger partial charge in [-0.1, -0.05) is 36.0 Å². The molecule has 0 unspecified atom stereocenters. The van der Waals surface area contributed by atoms with E-state index in [1.54, 1.807) is 7.11 Å². The summed E-state index contributed by atoms with van der Waals surface area (Å²) in [6, 6.07) is 13.9. The normalized spacial score (nSPS) is 10.7. The van der Waals surface area contributed by atoms with E-state index in [2.05, 4.69) is 27.6 Å². The second-order valence-corrected chi connectivity index (χ2v) is 7.67. The minimum absolute atomic E-state index is 0.0945. The fourth-order valence-electron chi connectivity index (χ4n) is 2.83. The maximum absolute atomic E-state index is 12.2. The lowest BCUT2D eigenvalue weighted by Crippen LogP contribution is -2.15. The first-order chi connectivity index (χ1) is 14.0. The molecule has 3 rings (SSSR count). The second kappa shape index (κ2) is 10.1. The molecule has 1 aromatic heterocycles. The summed E-state index contributed by atoms with van der Waals surface area (Å²) in [6.07, 6.45) is 2.53. The van der Waals surface area contributed by atoms with Crippen LogP contribution in [0.2, 0.25) is 0 Å². The Labute approximate surface area is 175 Å². The molecule has 0 atom stereocenters. The smallest absolute Gasteiger partial charge is 0.277 e. The Bertz CT molecular complexity index is 954. The summed E-state index contributed by atoms with van der Waals surface area (Å²) in [7, 11) is 1.66. The SMILES string of the molecule is COc1ccc(CCCc2nnc(SCC(=O)Nc3cccc(C)c3C)o2)cc1. The molecule has 0 saturated heterocycles. The molecular weight excluding hydrogens is 386 g/mol. The number of amides is 1. The van der Waals surface area contributed by atoms with E-state index >= 15 is 0 Å². The molecule has 2 aromatic carbocycles. The number of methoxy groups -OCH3 is 1. The van der Waals surface area contributed by atoms with Gasteiger partial charge in [0.05, 0.1) is 12.9 Å². The Kier molecular flexibility index (Phi) is 7.30. The number of ether oxygens (including phenoxy) is 1. The van der Waals surface area contributed by atoms with Crippen LogP contribution in [0.4, 0.5) is 5.69 Å². The van der Waals surface area contributed by atoms with Crippen molar-refractivity contribution in [3.63, 3.8) is 0 Å². The zero-order chi connectivity index (χ0) is 20.6. The van der Waals surface area contributed by atoms with Gasteiger partial charge in [0.2, 0.25) is 11.8 Å². The third-order valence-electron chi connectivity index (χ3n) is 4.67. The summed E-state index contributed by atoms with van der Waals surface area (Å²) in [4.78, 5) is 12.2. The molecule has 0 aliphatic carbocycles. The largest absolute Gasteiger partial charge is 0.497 e. The third kappa shape index (κ3) is 6.09. The van der Waals surface area contributed by atoms with Gasteiger partial charge in [-0.3, -0.25) is 4.79 Å². The Morgan fingerprint density at radius 1 is 1.10 bits per heavy atom. The van der Waals surface area contributed by atoms with Gasteiger partial charge in [0.15, 0.2) is 0 Å². The van der Waals surface area contributed by atoms with E-state index in [0.29, 0.717) is 17.5 Å². The van der Waals surface area contributed by atoms with E-state index in [0.717, 1.165) is 35.4 Å². The van der Waals surface area contributed by atoms with E-state index in [4.69, 9.17) is 9.15 Å². The highest BCUT2D eigenvalue weighted by Crippen LogP contribution is 2.21. The minimum atomic E-state index is -0.0945. The predicted molar refractivity (Wildman–Crippen MR) is 115 cm³/mol. The van der Waals surface area contributed by atoms with Crippen molar-refractivity contribution in [2.24, 2.45) is 0 Å². The summed E-state index contributed by atoms with van der Waals surface area (Å²) < 4.78 is 10.8. The first kappa shape index (κ1) is 20.9. The van der Waals surface area contributed by atoms with Crippen molar-refractivity contribution < 1.29 is 13.9 Å². The number of nitrogens with one attached hydrogen (secondary N) is 1. The van der Waals surface area contributed by atoms with E-state index in [1.165, 1.54) is 17.3 Å². The van der Waals surface area contributed by atoms with Crippen molar-refractivity contribution in [3.05, 3.63) is 65.0 Å². The van der Waals surface area contributed by atoms with Crippen molar-refractivity contribution in [3.8, 4) is 5.75 Å². The lowest BCUT2D eigenvalue weighted by atomic mass is 10.1. The van der Waals surface area contributed by atoms with Gasteiger partial charge in [0, 0.05) is 12.1 Å². The molecule has 0 bridgehead atoms. The molecule has 0 saturated carbocycles. The fraction of sp³-hybridized carbons (Fsp3) is 0.318. The van der Waals surface area contributed by atoms with Crippen molar-refractivity contribution in [2.75, 3.05) is 18.2 Å². The van der Waals surface area contributed by atoms with Crippen LogP contribution in [0, 0.1) is 13.8 Å². The van der Waals surface area contributed by atoms with Crippen molar-refractivity contribution in [2.45, 2.75) is 38.3 Å². The van der Waals surface area contributed by atoms with Crippen LogP contribution in [0.5, 0.6) is 5.75 Å². The molecule has 152 valence electrons. The second-order valence-electron chi connectivity index (χ2n) is 6.75. The molecule has 0 aliphatic rings. The molecule has 29 heavy (non-hydrogen) atoms. The lowest BCUT2D eigenvalue weighted by Gasteiger charge is -2.09. The Balaban J connectivity index is 1.42. The van der Waals surface area contributed by atoms with Crippen LogP contribution < -0.4 is 10.1 Å². The zero-order valence-electron chi connectivity index (χ0n) is 16.9. The van der Waals surface area contributed by atoms with Crippen molar-refractivity contribution in [1.82, 2.24) is 10.2 Å². The van der Waals surface area contributed by atoms with Gasteiger partial charge in [-0.25, -0.2) is 0 Å². The number of carbonyl (C=O) groups is 1. The number of nitrogens with zero attached hydrogens (tertiary/aromatic N) is 2. The van der Waals surface area contributed by atoms with Gasteiger partial charge in [-0.2, -0.15) is 0 Å². The van der Waals surface area contributed by atoms with Crippen molar-refractivity contribution in [1.29, 1.82) is 0 Å². The maximum Gasteiger partial charge on any atom is 0.277 e. The summed E-state index contributed by atoms with van der Waals surface area (Å²) in [6.45, 7) is 4.02. The molecule has 6 nitrogen and oxygen atoms in total. The minimum Gasteiger partial charge on any atom is -0.497 e. The Morgan fingerprint density at radius 3 is 2.66 bits per heavy atom. The quantitative estimate of drug-likeness (QED) is 0.519. The maximum atomic E-state index is 12.2. The Hall–Kier alpha value is -2.80. The molecule has 1 heterocycles. The van der Waals surface area contributed by atoms with Crippen LogP contribution in [0.25, 0.3) is 0 Å². The summed E-state index contributed by atoms with van der Waals surface area (Å²) in [5, 5.41) is 11.4. The molecule has 0 fully saturated rings. The average Bonchev–Trinajstić information content (AvgIpc) is 3.18. The van der Waals surface area contributed by atoms with Gasteiger partial charge in [0.1, 0.15) is 5.75 Å². The molecule has 7 heteroatoms. The van der Waals surface area contributed by atoms with Gasteiger partial charge < -0.3 is 14.5 Å². The molecule has 0 aliphatic heterocycles.